The number of methoxy groups -OCH3 is 1. The average molecular weight is 337 g/mol. The van der Waals surface area contributed by atoms with Crippen molar-refractivity contribution in [2.75, 3.05) is 13.9 Å². The minimum absolute atomic E-state index is 0.191. The molecule has 2 aromatic carbocycles. The molecule has 0 aromatic heterocycles. The monoisotopic (exact) mass is 336 g/mol. The van der Waals surface area contributed by atoms with Crippen LogP contribution in [-0.4, -0.2) is 13.9 Å². The summed E-state index contributed by atoms with van der Waals surface area (Å²) >= 11 is 3.42. The molecule has 2 rings (SSSR count). The van der Waals surface area contributed by atoms with Crippen molar-refractivity contribution in [1.82, 2.24) is 0 Å². The van der Waals surface area contributed by atoms with Crippen molar-refractivity contribution in [3.8, 4) is 11.5 Å². The Hall–Kier alpha value is -1.52. The van der Waals surface area contributed by atoms with Crippen molar-refractivity contribution in [3.05, 3.63) is 59.7 Å². The highest BCUT2D eigenvalue weighted by molar-refractivity contribution is 9.08. The highest BCUT2D eigenvalue weighted by atomic mass is 79.9. The minimum Gasteiger partial charge on any atom is -0.493 e. The van der Waals surface area contributed by atoms with Gasteiger partial charge < -0.3 is 14.2 Å². The molecule has 0 aliphatic heterocycles. The van der Waals surface area contributed by atoms with Crippen LogP contribution in [0, 0.1) is 0 Å². The quantitative estimate of drug-likeness (QED) is 0.432. The lowest BCUT2D eigenvalue weighted by Crippen LogP contribution is -2.04. The van der Waals surface area contributed by atoms with Crippen LogP contribution in [0.25, 0.3) is 0 Å². The van der Waals surface area contributed by atoms with E-state index in [0.29, 0.717) is 18.1 Å². The third-order valence-corrected chi connectivity index (χ3v) is 3.44. The Morgan fingerprint density at radius 3 is 2.45 bits per heavy atom. The largest absolute Gasteiger partial charge is 0.493 e. The van der Waals surface area contributed by atoms with E-state index < -0.39 is 0 Å². The normalized spacial score (nSPS) is 10.3. The summed E-state index contributed by atoms with van der Waals surface area (Å²) < 4.78 is 16.4. The maximum Gasteiger partial charge on any atom is 0.189 e. The van der Waals surface area contributed by atoms with E-state index >= 15 is 0 Å². The van der Waals surface area contributed by atoms with Gasteiger partial charge in [0.1, 0.15) is 0 Å². The molecule has 0 aliphatic carbocycles. The second kappa shape index (κ2) is 7.92. The number of benzene rings is 2. The van der Waals surface area contributed by atoms with Gasteiger partial charge in [0.15, 0.2) is 18.3 Å². The van der Waals surface area contributed by atoms with Crippen LogP contribution < -0.4 is 9.47 Å². The predicted molar refractivity (Wildman–Crippen MR) is 82.4 cm³/mol. The molecule has 0 radical (unpaired) electrons. The van der Waals surface area contributed by atoms with Crippen molar-refractivity contribution < 1.29 is 14.2 Å². The molecule has 0 N–H and O–H groups in total. The van der Waals surface area contributed by atoms with Gasteiger partial charge in [-0.1, -0.05) is 52.3 Å². The zero-order valence-corrected chi connectivity index (χ0v) is 12.9. The molecule has 0 fully saturated rings. The van der Waals surface area contributed by atoms with Gasteiger partial charge in [-0.25, -0.2) is 0 Å². The van der Waals surface area contributed by atoms with Crippen LogP contribution in [0.2, 0.25) is 0 Å². The molecule has 0 unspecified atom stereocenters. The third kappa shape index (κ3) is 4.25. The first-order chi connectivity index (χ1) is 9.83. The summed E-state index contributed by atoms with van der Waals surface area (Å²) in [4.78, 5) is 0. The smallest absolute Gasteiger partial charge is 0.189 e. The summed E-state index contributed by atoms with van der Waals surface area (Å²) in [5.74, 6) is 1.40. The maximum absolute atomic E-state index is 5.62. The Kier molecular flexibility index (Phi) is 5.89. The van der Waals surface area contributed by atoms with Crippen molar-refractivity contribution in [1.29, 1.82) is 0 Å². The molecule has 4 heteroatoms. The summed E-state index contributed by atoms with van der Waals surface area (Å²) in [6, 6.07) is 15.8. The highest BCUT2D eigenvalue weighted by Crippen LogP contribution is 2.28. The van der Waals surface area contributed by atoms with Crippen LogP contribution in [0.5, 0.6) is 11.5 Å². The summed E-state index contributed by atoms with van der Waals surface area (Å²) in [6.45, 7) is 0.721. The first-order valence-corrected chi connectivity index (χ1v) is 7.43. The van der Waals surface area contributed by atoms with Crippen molar-refractivity contribution in [3.63, 3.8) is 0 Å². The number of hydrogen-bond donors (Lipinski definition) is 0. The molecular weight excluding hydrogens is 320 g/mol. The summed E-state index contributed by atoms with van der Waals surface area (Å²) in [7, 11) is 1.63. The van der Waals surface area contributed by atoms with Crippen LogP contribution in [0.4, 0.5) is 0 Å². The van der Waals surface area contributed by atoms with Crippen molar-refractivity contribution in [2.45, 2.75) is 11.9 Å². The lowest BCUT2D eigenvalue weighted by atomic mass is 10.2. The Bertz CT molecular complexity index is 529. The van der Waals surface area contributed by atoms with Crippen LogP contribution in [0.15, 0.2) is 48.5 Å². The molecule has 20 heavy (non-hydrogen) atoms. The van der Waals surface area contributed by atoms with Crippen LogP contribution in [0.1, 0.15) is 11.1 Å². The van der Waals surface area contributed by atoms with Gasteiger partial charge in [0.05, 0.1) is 13.7 Å². The zero-order valence-electron chi connectivity index (χ0n) is 11.3. The van der Waals surface area contributed by atoms with E-state index in [0.717, 1.165) is 16.5 Å². The fourth-order valence-electron chi connectivity index (χ4n) is 1.76. The second-order valence-corrected chi connectivity index (χ2v) is 4.78. The van der Waals surface area contributed by atoms with E-state index in [4.69, 9.17) is 14.2 Å². The van der Waals surface area contributed by atoms with Crippen molar-refractivity contribution >= 4 is 15.9 Å². The topological polar surface area (TPSA) is 27.7 Å². The molecule has 0 spiro atoms. The van der Waals surface area contributed by atoms with Gasteiger partial charge in [-0.2, -0.15) is 0 Å². The van der Waals surface area contributed by atoms with Gasteiger partial charge in [0.25, 0.3) is 0 Å². The fraction of sp³-hybridized carbons (Fsp3) is 0.250. The van der Waals surface area contributed by atoms with Gasteiger partial charge in [-0.15, -0.1) is 0 Å². The van der Waals surface area contributed by atoms with Crippen molar-refractivity contribution in [2.24, 2.45) is 0 Å². The molecule has 3 nitrogen and oxygen atoms in total. The molecule has 0 amide bonds. The third-order valence-electron chi connectivity index (χ3n) is 2.79. The average Bonchev–Trinajstić information content (AvgIpc) is 2.52. The number of ether oxygens (including phenoxy) is 3. The highest BCUT2D eigenvalue weighted by Gasteiger charge is 2.05. The lowest BCUT2D eigenvalue weighted by Gasteiger charge is -2.12. The predicted octanol–water partition coefficient (Wildman–Crippen LogP) is 4.14. The SMILES string of the molecule is COc1ccc(CBr)cc1OCOCc1ccccc1. The van der Waals surface area contributed by atoms with Crippen LogP contribution >= 0.6 is 15.9 Å². The molecule has 0 aliphatic rings. The molecule has 106 valence electrons. The van der Waals surface area contributed by atoms with E-state index in [9.17, 15) is 0 Å². The van der Waals surface area contributed by atoms with Crippen LogP contribution in [0.3, 0.4) is 0 Å². The van der Waals surface area contributed by atoms with E-state index in [1.807, 2.05) is 48.5 Å². The van der Waals surface area contributed by atoms with Gasteiger partial charge in [-0.05, 0) is 23.3 Å². The van der Waals surface area contributed by atoms with Crippen LogP contribution in [-0.2, 0) is 16.7 Å². The van der Waals surface area contributed by atoms with Gasteiger partial charge >= 0.3 is 0 Å². The number of alkyl halides is 1. The Morgan fingerprint density at radius 1 is 0.950 bits per heavy atom. The van der Waals surface area contributed by atoms with Gasteiger partial charge in [0.2, 0.25) is 0 Å². The minimum atomic E-state index is 0.191. The first kappa shape index (κ1) is 14.9. The number of rotatable bonds is 7. The molecule has 2 aromatic rings. The van der Waals surface area contributed by atoms with Gasteiger partial charge in [0, 0.05) is 5.33 Å². The first-order valence-electron chi connectivity index (χ1n) is 6.31. The Labute approximate surface area is 127 Å². The molecule has 0 atom stereocenters. The fourth-order valence-corrected chi connectivity index (χ4v) is 2.10. The molecule has 0 heterocycles. The van der Waals surface area contributed by atoms with Gasteiger partial charge in [-0.3, -0.25) is 0 Å². The summed E-state index contributed by atoms with van der Waals surface area (Å²) in [6.07, 6.45) is 0. The van der Waals surface area contributed by atoms with E-state index in [1.54, 1.807) is 7.11 Å². The Morgan fingerprint density at radius 2 is 1.75 bits per heavy atom. The Balaban J connectivity index is 1.87. The standard InChI is InChI=1S/C16H17BrO3/c1-18-15-8-7-14(10-17)9-16(15)20-12-19-11-13-5-3-2-4-6-13/h2-9H,10-12H2,1H3. The van der Waals surface area contributed by atoms with E-state index in [1.165, 1.54) is 0 Å². The molecule has 0 saturated carbocycles. The molecule has 0 saturated heterocycles. The molecular formula is C16H17BrO3. The summed E-state index contributed by atoms with van der Waals surface area (Å²) in [5, 5.41) is 0.776. The second-order valence-electron chi connectivity index (χ2n) is 4.22. The van der Waals surface area contributed by atoms with E-state index in [2.05, 4.69) is 15.9 Å². The maximum atomic E-state index is 5.62. The molecule has 0 bridgehead atoms. The number of halogens is 1. The zero-order chi connectivity index (χ0) is 14.2. The lowest BCUT2D eigenvalue weighted by molar-refractivity contribution is 0.00373. The summed E-state index contributed by atoms with van der Waals surface area (Å²) in [5.41, 5.74) is 2.25. The van der Waals surface area contributed by atoms with E-state index in [-0.39, 0.29) is 6.79 Å². The number of hydrogen-bond acceptors (Lipinski definition) is 3.